The van der Waals surface area contributed by atoms with E-state index >= 15 is 0 Å². The zero-order valence-electron chi connectivity index (χ0n) is 4.80. The molecule has 0 saturated heterocycles. The molecule has 0 heterocycles. The maximum absolute atomic E-state index is 10.1. The topological polar surface area (TPSA) is 52.3 Å². The van der Waals surface area contributed by atoms with Gasteiger partial charge in [0.2, 0.25) is 0 Å². The van der Waals surface area contributed by atoms with Gasteiger partial charge in [-0.05, 0) is 6.92 Å². The Balaban J connectivity index is 3.50. The van der Waals surface area contributed by atoms with Crippen LogP contribution in [0.1, 0.15) is 6.92 Å². The van der Waals surface area contributed by atoms with Crippen LogP contribution in [-0.2, 0) is 4.74 Å². The van der Waals surface area contributed by atoms with E-state index in [1.165, 1.54) is 0 Å². The number of amides is 1. The van der Waals surface area contributed by atoms with Crippen molar-refractivity contribution in [3.05, 3.63) is 0 Å². The summed E-state index contributed by atoms with van der Waals surface area (Å²) in [6.45, 7) is 1.72. The quantitative estimate of drug-likeness (QED) is 0.767. The van der Waals surface area contributed by atoms with Crippen molar-refractivity contribution in [2.45, 2.75) is 16.8 Å². The molecule has 54 valence electrons. The van der Waals surface area contributed by atoms with E-state index < -0.39 is 6.09 Å². The number of rotatable bonds is 2. The molecule has 0 aromatic rings. The fraction of sp³-hybridized carbons (Fsp3) is 0.750. The molecule has 5 heteroatoms. The average molecular weight is 261 g/mol. The number of hydrogen-bond donors (Lipinski definition) is 1. The van der Waals surface area contributed by atoms with E-state index in [0.717, 1.165) is 0 Å². The van der Waals surface area contributed by atoms with Crippen LogP contribution in [0.25, 0.3) is 0 Å². The molecule has 0 aliphatic heterocycles. The van der Waals surface area contributed by atoms with E-state index in [2.05, 4.69) is 36.6 Å². The lowest BCUT2D eigenvalue weighted by atomic mass is 10.5. The van der Waals surface area contributed by atoms with Gasteiger partial charge in [0.05, 0.1) is 0 Å². The Bertz CT molecular complexity index is 107. The highest BCUT2D eigenvalue weighted by molar-refractivity contribution is 9.24. The fourth-order valence-electron chi connectivity index (χ4n) is 0.235. The summed E-state index contributed by atoms with van der Waals surface area (Å²) in [6.07, 6.45) is -1.01. The molecule has 0 aliphatic carbocycles. The van der Waals surface area contributed by atoms with Crippen LogP contribution in [0.15, 0.2) is 0 Å². The lowest BCUT2D eigenvalue weighted by molar-refractivity contribution is 0.125. The summed E-state index contributed by atoms with van der Waals surface area (Å²) >= 11 is 6.30. The molecular weight excluding hydrogens is 254 g/mol. The van der Waals surface area contributed by atoms with E-state index in [0.29, 0.717) is 0 Å². The van der Waals surface area contributed by atoms with E-state index in [9.17, 15) is 4.79 Å². The third-order valence-electron chi connectivity index (χ3n) is 0.657. The first-order valence-electron chi connectivity index (χ1n) is 2.28. The highest BCUT2D eigenvalue weighted by atomic mass is 79.9. The van der Waals surface area contributed by atoms with Crippen molar-refractivity contribution in [3.63, 3.8) is 0 Å². The lowest BCUT2D eigenvalue weighted by Crippen LogP contribution is -2.24. The molecule has 0 aliphatic rings. The Morgan fingerprint density at radius 1 is 1.67 bits per heavy atom. The molecule has 0 spiro atoms. The van der Waals surface area contributed by atoms with Crippen molar-refractivity contribution in [2.24, 2.45) is 5.73 Å². The maximum Gasteiger partial charge on any atom is 0.404 e. The number of hydrogen-bond acceptors (Lipinski definition) is 2. The summed E-state index contributed by atoms with van der Waals surface area (Å²) in [5.74, 6) is 0. The number of alkyl halides is 2. The second kappa shape index (κ2) is 4.11. The zero-order valence-corrected chi connectivity index (χ0v) is 7.98. The van der Waals surface area contributed by atoms with Crippen molar-refractivity contribution in [3.8, 4) is 0 Å². The summed E-state index contributed by atoms with van der Waals surface area (Å²) in [4.78, 5) is 10.1. The Morgan fingerprint density at radius 3 is 2.22 bits per heavy atom. The third kappa shape index (κ3) is 4.72. The molecule has 2 N–H and O–H groups in total. The predicted octanol–water partition coefficient (Wildman–Crippen LogP) is 1.59. The molecule has 0 aromatic carbocycles. The Morgan fingerprint density at radius 2 is 2.11 bits per heavy atom. The van der Waals surface area contributed by atoms with Gasteiger partial charge in [0.15, 0.2) is 0 Å². The summed E-state index contributed by atoms with van der Waals surface area (Å²) in [7, 11) is 0. The second-order valence-corrected chi connectivity index (χ2v) is 4.68. The summed E-state index contributed by atoms with van der Waals surface area (Å²) in [5.41, 5.74) is 4.73. The van der Waals surface area contributed by atoms with Crippen LogP contribution in [0, 0.1) is 0 Å². The Kier molecular flexibility index (Phi) is 4.22. The SMILES string of the molecule is CC(OC(N)=O)C(Br)Br. The first-order chi connectivity index (χ1) is 4.04. The monoisotopic (exact) mass is 259 g/mol. The fourth-order valence-corrected chi connectivity index (χ4v) is 0.450. The minimum atomic E-state index is -0.758. The van der Waals surface area contributed by atoms with Gasteiger partial charge in [-0.2, -0.15) is 0 Å². The number of ether oxygens (including phenoxy) is 1. The molecule has 3 nitrogen and oxygen atoms in total. The van der Waals surface area contributed by atoms with Crippen LogP contribution in [0.3, 0.4) is 0 Å². The van der Waals surface area contributed by atoms with Gasteiger partial charge < -0.3 is 10.5 Å². The van der Waals surface area contributed by atoms with Gasteiger partial charge in [0.25, 0.3) is 0 Å². The summed E-state index contributed by atoms with van der Waals surface area (Å²) in [5, 5.41) is 0. The number of primary amides is 1. The molecule has 1 atom stereocenters. The van der Waals surface area contributed by atoms with Gasteiger partial charge in [0.1, 0.15) is 9.84 Å². The molecule has 0 radical (unpaired) electrons. The molecule has 1 unspecified atom stereocenters. The van der Waals surface area contributed by atoms with Gasteiger partial charge in [-0.3, -0.25) is 0 Å². The molecule has 1 amide bonds. The van der Waals surface area contributed by atoms with Crippen molar-refractivity contribution in [2.75, 3.05) is 0 Å². The molecule has 0 saturated carbocycles. The highest BCUT2D eigenvalue weighted by Gasteiger charge is 2.12. The van der Waals surface area contributed by atoms with Gasteiger partial charge in [-0.15, -0.1) is 0 Å². The molecule has 0 rings (SSSR count). The van der Waals surface area contributed by atoms with Gasteiger partial charge in [0, 0.05) is 0 Å². The van der Waals surface area contributed by atoms with Gasteiger partial charge >= 0.3 is 6.09 Å². The lowest BCUT2D eigenvalue weighted by Gasteiger charge is -2.11. The van der Waals surface area contributed by atoms with Gasteiger partial charge in [-0.25, -0.2) is 4.79 Å². The molecule has 9 heavy (non-hydrogen) atoms. The van der Waals surface area contributed by atoms with Crippen molar-refractivity contribution in [1.29, 1.82) is 0 Å². The van der Waals surface area contributed by atoms with Gasteiger partial charge in [-0.1, -0.05) is 31.9 Å². The van der Waals surface area contributed by atoms with Crippen LogP contribution >= 0.6 is 31.9 Å². The Hall–Kier alpha value is 0.230. The van der Waals surface area contributed by atoms with Crippen LogP contribution in [0.5, 0.6) is 0 Å². The number of halogens is 2. The molecule has 0 fully saturated rings. The standard InChI is InChI=1S/C4H7Br2NO2/c1-2(3(5)6)9-4(7)8/h2-3H,1H3,(H2,7,8). The normalized spacial score (nSPS) is 13.3. The minimum Gasteiger partial charge on any atom is -0.445 e. The first kappa shape index (κ1) is 9.23. The van der Waals surface area contributed by atoms with E-state index in [1.54, 1.807) is 6.92 Å². The second-order valence-electron chi connectivity index (χ2n) is 1.48. The Labute approximate surface area is 70.2 Å². The van der Waals surface area contributed by atoms with Crippen molar-refractivity contribution < 1.29 is 9.53 Å². The number of carbonyl (C=O) groups is 1. The molecule has 0 aromatic heterocycles. The van der Waals surface area contributed by atoms with Crippen LogP contribution in [0.4, 0.5) is 4.79 Å². The summed E-state index contributed by atoms with van der Waals surface area (Å²) < 4.78 is 4.51. The smallest absolute Gasteiger partial charge is 0.404 e. The maximum atomic E-state index is 10.1. The van der Waals surface area contributed by atoms with E-state index in [-0.39, 0.29) is 9.84 Å². The largest absolute Gasteiger partial charge is 0.445 e. The third-order valence-corrected chi connectivity index (χ3v) is 2.15. The van der Waals surface area contributed by atoms with E-state index in [4.69, 9.17) is 5.73 Å². The minimum absolute atomic E-state index is 0.0440. The average Bonchev–Trinajstić information content (AvgIpc) is 1.63. The van der Waals surface area contributed by atoms with Crippen molar-refractivity contribution in [1.82, 2.24) is 0 Å². The number of nitrogens with two attached hydrogens (primary N) is 1. The van der Waals surface area contributed by atoms with Crippen LogP contribution < -0.4 is 5.73 Å². The highest BCUT2D eigenvalue weighted by Crippen LogP contribution is 2.15. The van der Waals surface area contributed by atoms with Crippen LogP contribution in [0.2, 0.25) is 0 Å². The molecule has 0 bridgehead atoms. The zero-order chi connectivity index (χ0) is 7.44. The van der Waals surface area contributed by atoms with Crippen molar-refractivity contribution >= 4 is 38.0 Å². The predicted molar refractivity (Wildman–Crippen MR) is 41.8 cm³/mol. The number of carbonyl (C=O) groups excluding carboxylic acids is 1. The summed E-state index contributed by atoms with van der Waals surface area (Å²) in [6, 6.07) is 0. The van der Waals surface area contributed by atoms with Crippen LogP contribution in [-0.4, -0.2) is 15.9 Å². The molecular formula is C4H7Br2NO2. The van der Waals surface area contributed by atoms with E-state index in [1.807, 2.05) is 0 Å². The first-order valence-corrected chi connectivity index (χ1v) is 4.11.